The van der Waals surface area contributed by atoms with Crippen LogP contribution in [0.5, 0.6) is 0 Å². The Morgan fingerprint density at radius 2 is 1.78 bits per heavy atom. The molecule has 41 heavy (non-hydrogen) atoms. The molecule has 4 aliphatic heterocycles. The van der Waals surface area contributed by atoms with Crippen LogP contribution in [0.25, 0.3) is 0 Å². The lowest BCUT2D eigenvalue weighted by atomic mass is 9.26. The molecule has 9 rings (SSSR count). The van der Waals surface area contributed by atoms with Gasteiger partial charge in [-0.25, -0.2) is 0 Å². The van der Waals surface area contributed by atoms with E-state index in [9.17, 15) is 0 Å². The minimum absolute atomic E-state index is 0.182. The summed E-state index contributed by atoms with van der Waals surface area (Å²) in [6.07, 6.45) is 39.1. The molecule has 9 aliphatic rings. The maximum absolute atomic E-state index is 7.37. The summed E-state index contributed by atoms with van der Waals surface area (Å²) < 4.78 is 7.37. The van der Waals surface area contributed by atoms with Gasteiger partial charge in [0.1, 0.15) is 0 Å². The Kier molecular flexibility index (Phi) is 5.73. The second-order valence-corrected chi connectivity index (χ2v) is 15.0. The standard InChI is InChI=1S/C37H47BN2O/c1-36(2)37(22-10-5-11-23-37)27-18-12-19-28-34(27)40(36)30-21-13-20-29-33(30)38(28)35-31(39(29)26-16-8-4-9-17-26)24-32(41-35)25-14-6-3-7-15-25/h6,8,12,14-19,28,30-32,34-35H,3-5,7,9-11,13,20-24H2,1-2H3. The monoisotopic (exact) mass is 546 g/mol. The predicted octanol–water partition coefficient (Wildman–Crippen LogP) is 8.01. The van der Waals surface area contributed by atoms with Crippen LogP contribution in [0.1, 0.15) is 97.3 Å². The molecule has 0 amide bonds. The van der Waals surface area contributed by atoms with Crippen LogP contribution in [-0.4, -0.2) is 52.3 Å². The van der Waals surface area contributed by atoms with Gasteiger partial charge in [-0.3, -0.25) is 4.90 Å². The van der Waals surface area contributed by atoms with E-state index in [1.165, 1.54) is 75.5 Å². The second-order valence-electron chi connectivity index (χ2n) is 15.0. The molecule has 6 unspecified atom stereocenters. The van der Waals surface area contributed by atoms with Crippen molar-refractivity contribution in [2.24, 2.45) is 5.41 Å². The van der Waals surface area contributed by atoms with E-state index in [1.54, 1.807) is 16.7 Å². The van der Waals surface area contributed by atoms with Gasteiger partial charge in [-0.15, -0.1) is 0 Å². The van der Waals surface area contributed by atoms with Gasteiger partial charge in [-0.05, 0) is 94.7 Å². The molecule has 0 aromatic heterocycles. The minimum Gasteiger partial charge on any atom is -0.376 e. The first-order valence-electron chi connectivity index (χ1n) is 17.2. The molecule has 0 N–H and O–H groups in total. The Labute approximate surface area is 247 Å². The summed E-state index contributed by atoms with van der Waals surface area (Å²) in [5.74, 6) is 0.523. The van der Waals surface area contributed by atoms with Crippen molar-refractivity contribution in [1.82, 2.24) is 9.80 Å². The highest BCUT2D eigenvalue weighted by Crippen LogP contribution is 2.67. The fourth-order valence-electron chi connectivity index (χ4n) is 11.6. The molecular weight excluding hydrogens is 499 g/mol. The fourth-order valence-corrected chi connectivity index (χ4v) is 11.6. The van der Waals surface area contributed by atoms with E-state index in [4.69, 9.17) is 4.74 Å². The molecule has 1 saturated carbocycles. The van der Waals surface area contributed by atoms with Crippen LogP contribution in [-0.2, 0) is 4.74 Å². The largest absolute Gasteiger partial charge is 0.376 e. The van der Waals surface area contributed by atoms with Crippen molar-refractivity contribution in [1.29, 1.82) is 0 Å². The van der Waals surface area contributed by atoms with Crippen LogP contribution in [0.15, 0.2) is 82.7 Å². The average molecular weight is 547 g/mol. The van der Waals surface area contributed by atoms with Gasteiger partial charge in [0, 0.05) is 40.9 Å². The lowest BCUT2D eigenvalue weighted by Gasteiger charge is -2.59. The molecule has 1 spiro atoms. The van der Waals surface area contributed by atoms with Crippen molar-refractivity contribution in [3.05, 3.63) is 82.7 Å². The van der Waals surface area contributed by atoms with Crippen LogP contribution < -0.4 is 0 Å². The molecule has 6 atom stereocenters. The summed E-state index contributed by atoms with van der Waals surface area (Å²) in [7, 11) is 0. The molecule has 4 fully saturated rings. The zero-order valence-corrected chi connectivity index (χ0v) is 25.2. The third-order valence-electron chi connectivity index (χ3n) is 13.1. The lowest BCUT2D eigenvalue weighted by molar-refractivity contribution is 0.00223. The van der Waals surface area contributed by atoms with E-state index in [0.717, 1.165) is 19.3 Å². The number of hydrogen-bond donors (Lipinski definition) is 0. The minimum atomic E-state index is 0.182. The average Bonchev–Trinajstić information content (AvgIpc) is 3.53. The van der Waals surface area contributed by atoms with E-state index in [0.29, 0.717) is 36.1 Å². The van der Waals surface area contributed by atoms with Crippen LogP contribution in [0.2, 0.25) is 5.82 Å². The Hall–Kier alpha value is -2.04. The third-order valence-corrected chi connectivity index (χ3v) is 13.1. The number of ether oxygens (including phenoxy) is 1. The highest BCUT2D eigenvalue weighted by Gasteiger charge is 2.70. The predicted molar refractivity (Wildman–Crippen MR) is 168 cm³/mol. The quantitative estimate of drug-likeness (QED) is 0.326. The maximum atomic E-state index is 7.37. The zero-order chi connectivity index (χ0) is 27.3. The summed E-state index contributed by atoms with van der Waals surface area (Å²) in [5, 5.41) is 0. The van der Waals surface area contributed by atoms with Gasteiger partial charge in [-0.1, -0.05) is 73.3 Å². The Balaban J connectivity index is 1.22. The molecule has 0 aromatic carbocycles. The van der Waals surface area contributed by atoms with E-state index in [1.807, 2.05) is 0 Å². The molecule has 0 aromatic rings. The summed E-state index contributed by atoms with van der Waals surface area (Å²) in [5.41, 5.74) is 8.66. The molecule has 3 nitrogen and oxygen atoms in total. The number of hydrogen-bond acceptors (Lipinski definition) is 3. The van der Waals surface area contributed by atoms with E-state index >= 15 is 0 Å². The molecule has 214 valence electrons. The molecule has 0 radical (unpaired) electrons. The summed E-state index contributed by atoms with van der Waals surface area (Å²) in [4.78, 5) is 5.94. The van der Waals surface area contributed by atoms with Gasteiger partial charge in [0.15, 0.2) is 0 Å². The Morgan fingerprint density at radius 3 is 2.56 bits per heavy atom. The first-order chi connectivity index (χ1) is 20.1. The van der Waals surface area contributed by atoms with Gasteiger partial charge in [0.2, 0.25) is 6.71 Å². The van der Waals surface area contributed by atoms with Crippen LogP contribution in [0, 0.1) is 5.41 Å². The molecule has 5 aliphatic carbocycles. The maximum Gasteiger partial charge on any atom is 0.220 e. The first-order valence-corrected chi connectivity index (χ1v) is 17.2. The summed E-state index contributed by atoms with van der Waals surface area (Å²) in [6, 6.07) is 1.78. The molecule has 3 saturated heterocycles. The van der Waals surface area contributed by atoms with Crippen molar-refractivity contribution < 1.29 is 4.74 Å². The van der Waals surface area contributed by atoms with Gasteiger partial charge < -0.3 is 9.64 Å². The molecular formula is C37H47BN2O. The van der Waals surface area contributed by atoms with Crippen molar-refractivity contribution in [3.8, 4) is 0 Å². The molecule has 4 heteroatoms. The van der Waals surface area contributed by atoms with Crippen molar-refractivity contribution in [2.75, 3.05) is 0 Å². The number of fused-ring (bicyclic) bond motifs is 5. The molecule has 0 bridgehead atoms. The SMILES string of the molecule is CC1(C)N2C3CCCC4=C3B(C3C=CC=C(C32)C12CCCCC2)C1OC(C2=CCCC=C2)CC1N4C1=CCCC=C1. The Bertz CT molecular complexity index is 1350. The van der Waals surface area contributed by atoms with Gasteiger partial charge in [-0.2, -0.15) is 0 Å². The Morgan fingerprint density at radius 1 is 0.951 bits per heavy atom. The first kappa shape index (κ1) is 25.5. The smallest absolute Gasteiger partial charge is 0.220 e. The normalized spacial score (nSPS) is 39.8. The van der Waals surface area contributed by atoms with Crippen molar-refractivity contribution in [2.45, 2.75) is 139 Å². The van der Waals surface area contributed by atoms with Crippen LogP contribution >= 0.6 is 0 Å². The lowest BCUT2D eigenvalue weighted by Crippen LogP contribution is -2.68. The zero-order valence-electron chi connectivity index (χ0n) is 25.2. The fraction of sp³-hybridized carbons (Fsp3) is 0.622. The van der Waals surface area contributed by atoms with Crippen molar-refractivity contribution >= 4 is 6.71 Å². The second kappa shape index (κ2) is 9.23. The van der Waals surface area contributed by atoms with Crippen molar-refractivity contribution in [3.63, 3.8) is 0 Å². The summed E-state index contributed by atoms with van der Waals surface area (Å²) in [6.45, 7) is 5.78. The highest BCUT2D eigenvalue weighted by molar-refractivity contribution is 6.71. The number of allylic oxidation sites excluding steroid dienone is 8. The van der Waals surface area contributed by atoms with Crippen LogP contribution in [0.3, 0.4) is 0 Å². The van der Waals surface area contributed by atoms with Crippen LogP contribution in [0.4, 0.5) is 0 Å². The van der Waals surface area contributed by atoms with Gasteiger partial charge >= 0.3 is 0 Å². The highest BCUT2D eigenvalue weighted by atomic mass is 16.5. The third kappa shape index (κ3) is 3.36. The molecule has 4 heterocycles. The van der Waals surface area contributed by atoms with E-state index in [-0.39, 0.29) is 17.6 Å². The number of rotatable bonds is 2. The van der Waals surface area contributed by atoms with E-state index in [2.05, 4.69) is 78.3 Å². The van der Waals surface area contributed by atoms with E-state index < -0.39 is 0 Å². The van der Waals surface area contributed by atoms with Gasteiger partial charge in [0.05, 0.1) is 18.1 Å². The topological polar surface area (TPSA) is 15.7 Å². The number of nitrogens with zero attached hydrogens (tertiary/aromatic N) is 2. The summed E-state index contributed by atoms with van der Waals surface area (Å²) >= 11 is 0. The van der Waals surface area contributed by atoms with Gasteiger partial charge in [0.25, 0.3) is 0 Å².